The molecule has 2 rings (SSSR count). The van der Waals surface area contributed by atoms with Gasteiger partial charge in [0.2, 0.25) is 0 Å². The normalized spacial score (nSPS) is 19.4. The van der Waals surface area contributed by atoms with Crippen LogP contribution in [0.5, 0.6) is 0 Å². The molecule has 80 valence electrons. The highest BCUT2D eigenvalue weighted by Crippen LogP contribution is 2.25. The lowest BCUT2D eigenvalue weighted by Gasteiger charge is -2.22. The fourth-order valence-electron chi connectivity index (χ4n) is 2.16. The third kappa shape index (κ3) is 2.20. The Morgan fingerprint density at radius 1 is 1.40 bits per heavy atom. The molecule has 0 heterocycles. The van der Waals surface area contributed by atoms with E-state index >= 15 is 0 Å². The van der Waals surface area contributed by atoms with E-state index in [2.05, 4.69) is 18.2 Å². The van der Waals surface area contributed by atoms with Crippen LogP contribution in [0, 0.1) is 5.92 Å². The van der Waals surface area contributed by atoms with Gasteiger partial charge in [0.15, 0.2) is 0 Å². The highest BCUT2D eigenvalue weighted by molar-refractivity contribution is 5.73. The Hall–Kier alpha value is -1.31. The lowest BCUT2D eigenvalue weighted by atomic mass is 9.84. The Morgan fingerprint density at radius 2 is 2.13 bits per heavy atom. The van der Waals surface area contributed by atoms with Crippen LogP contribution in [-0.2, 0) is 22.4 Å². The number of benzene rings is 1. The molecule has 0 aliphatic heterocycles. The lowest BCUT2D eigenvalue weighted by Crippen LogP contribution is -2.24. The molecule has 1 unspecified atom stereocenters. The maximum Gasteiger partial charge on any atom is 0.309 e. The Labute approximate surface area is 90.3 Å². The molecule has 0 radical (unpaired) electrons. The molecule has 0 amide bonds. The fraction of sp³-hybridized carbons (Fsp3) is 0.462. The number of fused-ring (bicyclic) bond motifs is 1. The van der Waals surface area contributed by atoms with Crippen LogP contribution in [0.1, 0.15) is 24.5 Å². The van der Waals surface area contributed by atoms with Crippen molar-refractivity contribution in [1.82, 2.24) is 0 Å². The highest BCUT2D eigenvalue weighted by atomic mass is 16.5. The monoisotopic (exact) mass is 204 g/mol. The van der Waals surface area contributed by atoms with Gasteiger partial charge in [0, 0.05) is 0 Å². The van der Waals surface area contributed by atoms with E-state index in [-0.39, 0.29) is 11.9 Å². The first-order valence-electron chi connectivity index (χ1n) is 5.54. The minimum atomic E-state index is -0.0352. The summed E-state index contributed by atoms with van der Waals surface area (Å²) in [5.41, 5.74) is 2.69. The fourth-order valence-corrected chi connectivity index (χ4v) is 2.16. The minimum Gasteiger partial charge on any atom is -0.466 e. The molecule has 1 atom stereocenters. The summed E-state index contributed by atoms with van der Waals surface area (Å²) in [4.78, 5) is 11.6. The van der Waals surface area contributed by atoms with Crippen molar-refractivity contribution >= 4 is 5.97 Å². The standard InChI is InChI=1S/C13H16O2/c1-2-15-13(14)12-8-7-10-5-3-4-6-11(10)9-12/h3-6,12H,2,7-9H2,1H3. The first-order chi connectivity index (χ1) is 7.31. The summed E-state index contributed by atoms with van der Waals surface area (Å²) >= 11 is 0. The van der Waals surface area contributed by atoms with Crippen LogP contribution in [0.25, 0.3) is 0 Å². The van der Waals surface area contributed by atoms with Gasteiger partial charge < -0.3 is 4.74 Å². The molecule has 0 saturated carbocycles. The largest absolute Gasteiger partial charge is 0.466 e. The quantitative estimate of drug-likeness (QED) is 0.691. The second-order valence-corrected chi connectivity index (χ2v) is 3.96. The van der Waals surface area contributed by atoms with Gasteiger partial charge in [-0.05, 0) is 37.3 Å². The zero-order valence-corrected chi connectivity index (χ0v) is 9.03. The van der Waals surface area contributed by atoms with Crippen LogP contribution in [-0.4, -0.2) is 12.6 Å². The van der Waals surface area contributed by atoms with Gasteiger partial charge in [-0.15, -0.1) is 0 Å². The van der Waals surface area contributed by atoms with E-state index in [9.17, 15) is 4.79 Å². The number of rotatable bonds is 2. The van der Waals surface area contributed by atoms with E-state index in [1.54, 1.807) is 0 Å². The molecule has 0 saturated heterocycles. The third-order valence-corrected chi connectivity index (χ3v) is 2.97. The van der Waals surface area contributed by atoms with E-state index in [1.807, 2.05) is 13.0 Å². The molecule has 2 heteroatoms. The number of hydrogen-bond acceptors (Lipinski definition) is 2. The smallest absolute Gasteiger partial charge is 0.309 e. The zero-order chi connectivity index (χ0) is 10.7. The SMILES string of the molecule is CCOC(=O)C1CCc2ccccc2C1. The molecular formula is C13H16O2. The summed E-state index contributed by atoms with van der Waals surface area (Å²) in [6, 6.07) is 8.35. The van der Waals surface area contributed by atoms with Crippen LogP contribution in [0.15, 0.2) is 24.3 Å². The summed E-state index contributed by atoms with van der Waals surface area (Å²) < 4.78 is 5.06. The van der Waals surface area contributed by atoms with Crippen molar-refractivity contribution in [2.24, 2.45) is 5.92 Å². The van der Waals surface area contributed by atoms with Crippen molar-refractivity contribution in [3.63, 3.8) is 0 Å². The van der Waals surface area contributed by atoms with Crippen LogP contribution in [0.3, 0.4) is 0 Å². The summed E-state index contributed by atoms with van der Waals surface area (Å²) in [6.45, 7) is 2.34. The minimum absolute atomic E-state index is 0.0352. The molecule has 2 nitrogen and oxygen atoms in total. The van der Waals surface area contributed by atoms with E-state index in [1.165, 1.54) is 11.1 Å². The van der Waals surface area contributed by atoms with E-state index in [4.69, 9.17) is 4.74 Å². The summed E-state index contributed by atoms with van der Waals surface area (Å²) in [5.74, 6) is 0.0341. The second kappa shape index (κ2) is 4.47. The topological polar surface area (TPSA) is 26.3 Å². The Morgan fingerprint density at radius 3 is 2.87 bits per heavy atom. The van der Waals surface area contributed by atoms with Crippen molar-refractivity contribution in [1.29, 1.82) is 0 Å². The number of aryl methyl sites for hydroxylation is 1. The van der Waals surface area contributed by atoms with Gasteiger partial charge in [-0.25, -0.2) is 0 Å². The number of carbonyl (C=O) groups excluding carboxylic acids is 1. The van der Waals surface area contributed by atoms with Crippen LogP contribution < -0.4 is 0 Å². The molecule has 1 aliphatic carbocycles. The van der Waals surface area contributed by atoms with Gasteiger partial charge in [0.1, 0.15) is 0 Å². The zero-order valence-electron chi connectivity index (χ0n) is 9.03. The van der Waals surface area contributed by atoms with Crippen molar-refractivity contribution in [2.75, 3.05) is 6.61 Å². The average Bonchev–Trinajstić information content (AvgIpc) is 2.29. The molecule has 0 fully saturated rings. The maximum absolute atomic E-state index is 11.6. The second-order valence-electron chi connectivity index (χ2n) is 3.96. The molecule has 0 aromatic heterocycles. The van der Waals surface area contributed by atoms with Crippen LogP contribution >= 0.6 is 0 Å². The van der Waals surface area contributed by atoms with E-state index in [0.29, 0.717) is 6.61 Å². The summed E-state index contributed by atoms with van der Waals surface area (Å²) in [6.07, 6.45) is 2.77. The molecule has 15 heavy (non-hydrogen) atoms. The maximum atomic E-state index is 11.6. The predicted molar refractivity (Wildman–Crippen MR) is 58.6 cm³/mol. The van der Waals surface area contributed by atoms with Gasteiger partial charge in [-0.2, -0.15) is 0 Å². The van der Waals surface area contributed by atoms with E-state index in [0.717, 1.165) is 19.3 Å². The van der Waals surface area contributed by atoms with Crippen molar-refractivity contribution in [3.05, 3.63) is 35.4 Å². The molecular weight excluding hydrogens is 188 g/mol. The summed E-state index contributed by atoms with van der Waals surface area (Å²) in [7, 11) is 0. The number of carbonyl (C=O) groups is 1. The highest BCUT2D eigenvalue weighted by Gasteiger charge is 2.25. The van der Waals surface area contributed by atoms with Crippen molar-refractivity contribution in [2.45, 2.75) is 26.2 Å². The number of ether oxygens (including phenoxy) is 1. The van der Waals surface area contributed by atoms with Crippen molar-refractivity contribution < 1.29 is 9.53 Å². The Kier molecular flexibility index (Phi) is 3.05. The number of hydrogen-bond donors (Lipinski definition) is 0. The molecule has 1 aromatic carbocycles. The molecule has 0 N–H and O–H groups in total. The predicted octanol–water partition coefficient (Wildman–Crippen LogP) is 2.35. The van der Waals surface area contributed by atoms with Gasteiger partial charge >= 0.3 is 5.97 Å². The van der Waals surface area contributed by atoms with Gasteiger partial charge in [0.05, 0.1) is 12.5 Å². The van der Waals surface area contributed by atoms with Gasteiger partial charge in [0.25, 0.3) is 0 Å². The van der Waals surface area contributed by atoms with Gasteiger partial charge in [-0.3, -0.25) is 4.79 Å². The Balaban J connectivity index is 2.08. The van der Waals surface area contributed by atoms with E-state index < -0.39 is 0 Å². The number of esters is 1. The Bertz CT molecular complexity index is 357. The van der Waals surface area contributed by atoms with Gasteiger partial charge in [-0.1, -0.05) is 24.3 Å². The first-order valence-corrected chi connectivity index (χ1v) is 5.54. The van der Waals surface area contributed by atoms with Crippen LogP contribution in [0.2, 0.25) is 0 Å². The third-order valence-electron chi connectivity index (χ3n) is 2.97. The van der Waals surface area contributed by atoms with Crippen molar-refractivity contribution in [3.8, 4) is 0 Å². The average molecular weight is 204 g/mol. The summed E-state index contributed by atoms with van der Waals surface area (Å²) in [5, 5.41) is 0. The molecule has 0 spiro atoms. The van der Waals surface area contributed by atoms with Crippen LogP contribution in [0.4, 0.5) is 0 Å². The first kappa shape index (κ1) is 10.2. The molecule has 1 aromatic rings. The lowest BCUT2D eigenvalue weighted by molar-refractivity contribution is -0.148. The molecule has 0 bridgehead atoms. The molecule has 1 aliphatic rings.